The molecule has 6 rings (SSSR count). The van der Waals surface area contributed by atoms with Crippen molar-refractivity contribution in [2.45, 2.75) is 103 Å². The molecule has 2 saturated heterocycles. The maximum absolute atomic E-state index is 10.3. The van der Waals surface area contributed by atoms with Crippen molar-refractivity contribution in [3.8, 4) is 0 Å². The first kappa shape index (κ1) is 20.2. The largest absolute Gasteiger partial charge is 0.393 e. The molecule has 3 nitrogen and oxygen atoms in total. The smallest absolute Gasteiger partial charge is 0.171 e. The number of fused-ring (bicyclic) bond motifs is 7. The van der Waals surface area contributed by atoms with E-state index in [2.05, 4.69) is 33.8 Å². The van der Waals surface area contributed by atoms with E-state index in [0.717, 1.165) is 43.6 Å². The molecule has 2 heterocycles. The number of hydrogen-bond acceptors (Lipinski definition) is 3. The Labute approximate surface area is 183 Å². The third kappa shape index (κ3) is 2.55. The Hall–Kier alpha value is -0.380. The lowest BCUT2D eigenvalue weighted by molar-refractivity contribution is -0.272. The molecule has 4 aliphatic carbocycles. The number of rotatable bonds is 0. The molecule has 11 atom stereocenters. The van der Waals surface area contributed by atoms with Crippen LogP contribution < -0.4 is 0 Å². The van der Waals surface area contributed by atoms with Gasteiger partial charge in [0.1, 0.15) is 0 Å². The van der Waals surface area contributed by atoms with Crippen LogP contribution in [0.1, 0.15) is 85.5 Å². The van der Waals surface area contributed by atoms with Crippen LogP contribution in [0.15, 0.2) is 11.6 Å². The van der Waals surface area contributed by atoms with E-state index in [1.807, 2.05) is 0 Å². The van der Waals surface area contributed by atoms with Crippen molar-refractivity contribution >= 4 is 0 Å². The van der Waals surface area contributed by atoms with Crippen LogP contribution in [0, 0.1) is 46.3 Å². The Morgan fingerprint density at radius 2 is 1.87 bits per heavy atom. The van der Waals surface area contributed by atoms with Gasteiger partial charge in [-0.25, -0.2) is 0 Å². The quantitative estimate of drug-likeness (QED) is 0.516. The minimum absolute atomic E-state index is 0.107. The van der Waals surface area contributed by atoms with Gasteiger partial charge in [-0.05, 0) is 91.8 Å². The molecule has 0 aromatic heterocycles. The molecule has 0 unspecified atom stereocenters. The van der Waals surface area contributed by atoms with Gasteiger partial charge in [0.2, 0.25) is 0 Å². The van der Waals surface area contributed by atoms with Crippen molar-refractivity contribution in [3.63, 3.8) is 0 Å². The maximum Gasteiger partial charge on any atom is 0.171 e. The predicted octanol–water partition coefficient (Wildman–Crippen LogP) is 5.71. The average molecular weight is 415 g/mol. The van der Waals surface area contributed by atoms with Crippen molar-refractivity contribution in [2.75, 3.05) is 6.61 Å². The number of aliphatic hydroxyl groups excluding tert-OH is 1. The standard InChI is InChI=1S/C27H42O3/c1-16-7-12-27(29-15-16)17(2)24-23(30-27)14-22-20-6-5-18-13-19(28)8-10-25(18,3)21(20)9-11-26(22,24)4/h5,16-17,19-24,28H,6-15H2,1-4H3/t16-,17+,19+,20-,21-,22+,23-,24-,25+,26+,27-/m1/s1. The summed E-state index contributed by atoms with van der Waals surface area (Å²) in [4.78, 5) is 0. The van der Waals surface area contributed by atoms with Crippen LogP contribution in [0.2, 0.25) is 0 Å². The summed E-state index contributed by atoms with van der Waals surface area (Å²) in [6, 6.07) is 0. The number of hydrogen-bond donors (Lipinski definition) is 1. The third-order valence-electron chi connectivity index (χ3n) is 11.3. The fourth-order valence-electron chi connectivity index (χ4n) is 9.66. The molecule has 0 radical (unpaired) electrons. The Bertz CT molecular complexity index is 736. The van der Waals surface area contributed by atoms with Gasteiger partial charge >= 0.3 is 0 Å². The molecular weight excluding hydrogens is 372 g/mol. The highest BCUT2D eigenvalue weighted by Gasteiger charge is 2.68. The zero-order valence-corrected chi connectivity index (χ0v) is 19.5. The van der Waals surface area contributed by atoms with E-state index >= 15 is 0 Å². The van der Waals surface area contributed by atoms with Gasteiger partial charge in [-0.3, -0.25) is 0 Å². The predicted molar refractivity (Wildman–Crippen MR) is 118 cm³/mol. The summed E-state index contributed by atoms with van der Waals surface area (Å²) in [7, 11) is 0. The molecule has 30 heavy (non-hydrogen) atoms. The lowest BCUT2D eigenvalue weighted by atomic mass is 9.47. The molecule has 1 spiro atoms. The van der Waals surface area contributed by atoms with Gasteiger partial charge in [0.15, 0.2) is 5.79 Å². The fraction of sp³-hybridized carbons (Fsp3) is 0.926. The molecule has 0 amide bonds. The second-order valence-electron chi connectivity index (χ2n) is 12.7. The molecule has 0 aromatic rings. The summed E-state index contributed by atoms with van der Waals surface area (Å²) in [5, 5.41) is 10.3. The highest BCUT2D eigenvalue weighted by atomic mass is 16.7. The first-order valence-corrected chi connectivity index (χ1v) is 13.0. The second kappa shape index (κ2) is 6.58. The third-order valence-corrected chi connectivity index (χ3v) is 11.3. The van der Waals surface area contributed by atoms with Crippen LogP contribution in [0.5, 0.6) is 0 Å². The summed E-state index contributed by atoms with van der Waals surface area (Å²) < 4.78 is 13.3. The van der Waals surface area contributed by atoms with E-state index in [1.54, 1.807) is 5.57 Å². The molecule has 2 aliphatic heterocycles. The van der Waals surface area contributed by atoms with Crippen LogP contribution >= 0.6 is 0 Å². The molecule has 1 N–H and O–H groups in total. The lowest BCUT2D eigenvalue weighted by Gasteiger charge is -2.58. The van der Waals surface area contributed by atoms with Crippen LogP contribution in [0.4, 0.5) is 0 Å². The molecule has 3 saturated carbocycles. The van der Waals surface area contributed by atoms with Gasteiger partial charge in [0.25, 0.3) is 0 Å². The minimum Gasteiger partial charge on any atom is -0.393 e. The van der Waals surface area contributed by atoms with Gasteiger partial charge in [-0.1, -0.05) is 39.3 Å². The Morgan fingerprint density at radius 3 is 2.63 bits per heavy atom. The van der Waals surface area contributed by atoms with Crippen LogP contribution in [-0.2, 0) is 9.47 Å². The summed E-state index contributed by atoms with van der Waals surface area (Å²) in [5.41, 5.74) is 2.31. The SMILES string of the molecule is C[C@@H]1CC[C@@]2(OC1)O[C@@H]1C[C@H]3[C@@H]4CC=C5C[C@@H](O)CC[C@]5(C)[C@@H]4CC[C@]3(C)[C@@H]1[C@@H]2C. The first-order valence-electron chi connectivity index (χ1n) is 13.0. The van der Waals surface area contributed by atoms with Gasteiger partial charge in [0, 0.05) is 12.3 Å². The maximum atomic E-state index is 10.3. The fourth-order valence-corrected chi connectivity index (χ4v) is 9.66. The molecule has 0 bridgehead atoms. The average Bonchev–Trinajstić information content (AvgIpc) is 3.16. The number of aliphatic hydroxyl groups is 1. The van der Waals surface area contributed by atoms with Gasteiger partial charge in [0.05, 0.1) is 18.8 Å². The molecule has 5 fully saturated rings. The Morgan fingerprint density at radius 1 is 1.03 bits per heavy atom. The zero-order valence-electron chi connectivity index (χ0n) is 19.5. The Balaban J connectivity index is 1.28. The van der Waals surface area contributed by atoms with E-state index < -0.39 is 0 Å². The first-order chi connectivity index (χ1) is 14.3. The monoisotopic (exact) mass is 414 g/mol. The highest BCUT2D eigenvalue weighted by molar-refractivity contribution is 5.26. The minimum atomic E-state index is -0.294. The summed E-state index contributed by atoms with van der Waals surface area (Å²) >= 11 is 0. The van der Waals surface area contributed by atoms with E-state index in [1.165, 1.54) is 38.5 Å². The van der Waals surface area contributed by atoms with E-state index in [9.17, 15) is 5.11 Å². The molecule has 168 valence electrons. The van der Waals surface area contributed by atoms with Crippen molar-refractivity contribution < 1.29 is 14.6 Å². The van der Waals surface area contributed by atoms with Crippen molar-refractivity contribution in [1.82, 2.24) is 0 Å². The van der Waals surface area contributed by atoms with Crippen molar-refractivity contribution in [2.24, 2.45) is 46.3 Å². The second-order valence-corrected chi connectivity index (χ2v) is 12.7. The molecule has 3 heteroatoms. The lowest BCUT2D eigenvalue weighted by Crippen LogP contribution is -2.52. The number of allylic oxidation sites excluding steroid dienone is 1. The van der Waals surface area contributed by atoms with E-state index in [4.69, 9.17) is 9.47 Å². The van der Waals surface area contributed by atoms with Gasteiger partial charge in [-0.2, -0.15) is 0 Å². The highest BCUT2D eigenvalue weighted by Crippen LogP contribution is 2.70. The van der Waals surface area contributed by atoms with Crippen molar-refractivity contribution in [1.29, 1.82) is 0 Å². The van der Waals surface area contributed by atoms with Gasteiger partial charge in [-0.15, -0.1) is 0 Å². The Kier molecular flexibility index (Phi) is 4.44. The normalized spacial score (nSPS) is 59.8. The van der Waals surface area contributed by atoms with Crippen LogP contribution in [-0.4, -0.2) is 29.7 Å². The summed E-state index contributed by atoms with van der Waals surface area (Å²) in [6.45, 7) is 10.8. The zero-order chi connectivity index (χ0) is 20.9. The molecule has 6 aliphatic rings. The summed E-state index contributed by atoms with van der Waals surface area (Å²) in [5.74, 6) is 3.94. The topological polar surface area (TPSA) is 38.7 Å². The van der Waals surface area contributed by atoms with E-state index in [-0.39, 0.29) is 11.9 Å². The molecular formula is C27H42O3. The van der Waals surface area contributed by atoms with Crippen molar-refractivity contribution in [3.05, 3.63) is 11.6 Å². The summed E-state index contributed by atoms with van der Waals surface area (Å²) in [6.07, 6.45) is 13.5. The molecule has 0 aromatic carbocycles. The number of ether oxygens (including phenoxy) is 2. The van der Waals surface area contributed by atoms with Crippen LogP contribution in [0.3, 0.4) is 0 Å². The van der Waals surface area contributed by atoms with E-state index in [0.29, 0.717) is 34.7 Å². The van der Waals surface area contributed by atoms with Gasteiger partial charge < -0.3 is 14.6 Å². The van der Waals surface area contributed by atoms with Crippen LogP contribution in [0.25, 0.3) is 0 Å².